The van der Waals surface area contributed by atoms with Gasteiger partial charge in [-0.3, -0.25) is 14.2 Å². The summed E-state index contributed by atoms with van der Waals surface area (Å²) in [7, 11) is 0.530. The molecule has 1 aliphatic rings. The molecule has 0 aromatic heterocycles. The summed E-state index contributed by atoms with van der Waals surface area (Å²) < 4.78 is 30.5. The van der Waals surface area contributed by atoms with Crippen LogP contribution in [-0.4, -0.2) is 62.1 Å². The monoisotopic (exact) mass is 567 g/mol. The van der Waals surface area contributed by atoms with Crippen LogP contribution in [0.3, 0.4) is 0 Å². The second-order valence-electron chi connectivity index (χ2n) is 12.2. The van der Waals surface area contributed by atoms with Crippen molar-refractivity contribution in [2.24, 2.45) is 0 Å². The Balaban J connectivity index is 0.000000573. The summed E-state index contributed by atoms with van der Waals surface area (Å²) >= 11 is 0. The number of rotatable bonds is 20. The fraction of sp³-hybridized carbons (Fsp3) is 0.781. The van der Waals surface area contributed by atoms with Gasteiger partial charge >= 0.3 is 0 Å². The molecule has 2 rings (SSSR count). The van der Waals surface area contributed by atoms with E-state index >= 15 is 0 Å². The summed E-state index contributed by atoms with van der Waals surface area (Å²) in [6.45, 7) is 7.20. The van der Waals surface area contributed by atoms with Crippen LogP contribution in [0.1, 0.15) is 128 Å². The third-order valence-corrected chi connectivity index (χ3v) is 8.53. The zero-order valence-corrected chi connectivity index (χ0v) is 26.4. The minimum Gasteiger partial charge on any atom is -0.311 e. The fourth-order valence-electron chi connectivity index (χ4n) is 5.18. The van der Waals surface area contributed by atoms with Gasteiger partial charge in [0.25, 0.3) is 10.1 Å². The van der Waals surface area contributed by atoms with Gasteiger partial charge in [0.05, 0.1) is 25.5 Å². The lowest BCUT2D eigenvalue weighted by atomic mass is 10.0. The summed E-state index contributed by atoms with van der Waals surface area (Å²) in [5.74, 6) is 0.359. The Morgan fingerprint density at radius 2 is 1.21 bits per heavy atom. The van der Waals surface area contributed by atoms with Gasteiger partial charge in [-0.25, -0.2) is 0 Å². The van der Waals surface area contributed by atoms with Crippen molar-refractivity contribution in [3.63, 3.8) is 0 Å². The van der Waals surface area contributed by atoms with Gasteiger partial charge < -0.3 is 4.48 Å². The van der Waals surface area contributed by atoms with Gasteiger partial charge in [0.15, 0.2) is 6.67 Å². The number of aryl methyl sites for hydroxylation is 1. The molecule has 1 aromatic rings. The highest BCUT2D eigenvalue weighted by Crippen LogP contribution is 2.16. The Hall–Kier alpha value is -1.44. The molecule has 0 unspecified atom stereocenters. The SMILES string of the molecule is CCCCCCCCCCCCCCCCCC[N+](C)(C)CN1CCCC1=O.Cc1ccc(S(=O)(=O)O)cc1. The molecule has 226 valence electrons. The number of carbonyl (C=O) groups excluding carboxylic acids is 1. The molecule has 0 spiro atoms. The highest BCUT2D eigenvalue weighted by Gasteiger charge is 2.26. The van der Waals surface area contributed by atoms with E-state index in [-0.39, 0.29) is 4.90 Å². The van der Waals surface area contributed by atoms with Crippen molar-refractivity contribution in [3.8, 4) is 0 Å². The molecule has 6 nitrogen and oxygen atoms in total. The zero-order chi connectivity index (χ0) is 29.0. The molecule has 1 fully saturated rings. The quantitative estimate of drug-likeness (QED) is 0.0980. The number of quaternary nitrogens is 1. The van der Waals surface area contributed by atoms with Gasteiger partial charge in [-0.15, -0.1) is 0 Å². The lowest BCUT2D eigenvalue weighted by molar-refractivity contribution is -0.899. The molecular formula is C32H59N2O4S+. The summed E-state index contributed by atoms with van der Waals surface area (Å²) in [5.41, 5.74) is 0.956. The zero-order valence-electron chi connectivity index (χ0n) is 25.6. The van der Waals surface area contributed by atoms with E-state index in [4.69, 9.17) is 4.55 Å². The van der Waals surface area contributed by atoms with Crippen molar-refractivity contribution >= 4 is 16.0 Å². The van der Waals surface area contributed by atoms with Crippen molar-refractivity contribution in [2.75, 3.05) is 33.9 Å². The first-order chi connectivity index (χ1) is 18.5. The molecule has 0 aliphatic carbocycles. The molecule has 0 bridgehead atoms. The van der Waals surface area contributed by atoms with Crippen molar-refractivity contribution in [1.29, 1.82) is 0 Å². The molecule has 0 radical (unpaired) electrons. The van der Waals surface area contributed by atoms with E-state index in [0.717, 1.165) is 36.1 Å². The Kier molecular flexibility index (Phi) is 18.6. The highest BCUT2D eigenvalue weighted by molar-refractivity contribution is 7.85. The van der Waals surface area contributed by atoms with E-state index < -0.39 is 10.1 Å². The molecule has 39 heavy (non-hydrogen) atoms. The number of hydrogen-bond acceptors (Lipinski definition) is 3. The van der Waals surface area contributed by atoms with Gasteiger partial charge in [-0.05, 0) is 38.3 Å². The third kappa shape index (κ3) is 18.5. The van der Waals surface area contributed by atoms with Gasteiger partial charge in [0.1, 0.15) is 0 Å². The van der Waals surface area contributed by atoms with Crippen LogP contribution in [-0.2, 0) is 14.9 Å². The van der Waals surface area contributed by atoms with Crippen LogP contribution in [0.15, 0.2) is 29.2 Å². The fourth-order valence-corrected chi connectivity index (χ4v) is 5.66. The molecule has 0 atom stereocenters. The molecular weight excluding hydrogens is 508 g/mol. The smallest absolute Gasteiger partial charge is 0.294 e. The van der Waals surface area contributed by atoms with E-state index in [2.05, 4.69) is 25.9 Å². The van der Waals surface area contributed by atoms with Gasteiger partial charge in [-0.1, -0.05) is 115 Å². The number of benzene rings is 1. The molecule has 7 heteroatoms. The van der Waals surface area contributed by atoms with Crippen LogP contribution >= 0.6 is 0 Å². The van der Waals surface area contributed by atoms with Crippen molar-refractivity contribution in [2.45, 2.75) is 134 Å². The summed E-state index contributed by atoms with van der Waals surface area (Å²) in [4.78, 5) is 13.8. The lowest BCUT2D eigenvalue weighted by Crippen LogP contribution is -2.49. The average Bonchev–Trinajstić information content (AvgIpc) is 3.27. The number of carbonyl (C=O) groups is 1. The predicted molar refractivity (Wildman–Crippen MR) is 163 cm³/mol. The van der Waals surface area contributed by atoms with Gasteiger partial charge in [0, 0.05) is 13.0 Å². The van der Waals surface area contributed by atoms with E-state index in [1.807, 2.05) is 6.92 Å². The van der Waals surface area contributed by atoms with E-state index in [0.29, 0.717) is 5.91 Å². The van der Waals surface area contributed by atoms with Crippen LogP contribution in [0.5, 0.6) is 0 Å². The Bertz CT molecular complexity index is 869. The number of unbranched alkanes of at least 4 members (excludes halogenated alkanes) is 15. The summed E-state index contributed by atoms with van der Waals surface area (Å²) in [5, 5.41) is 0. The topological polar surface area (TPSA) is 74.7 Å². The highest BCUT2D eigenvalue weighted by atomic mass is 32.2. The third-order valence-electron chi connectivity index (χ3n) is 7.66. The normalized spacial score (nSPS) is 14.0. The van der Waals surface area contributed by atoms with Crippen LogP contribution < -0.4 is 0 Å². The Morgan fingerprint density at radius 3 is 1.59 bits per heavy atom. The molecule has 1 saturated heterocycles. The first-order valence-electron chi connectivity index (χ1n) is 15.7. The number of nitrogens with zero attached hydrogens (tertiary/aromatic N) is 2. The second kappa shape index (κ2) is 20.4. The van der Waals surface area contributed by atoms with E-state index in [1.165, 1.54) is 121 Å². The molecule has 1 amide bonds. The number of hydrogen-bond donors (Lipinski definition) is 1. The summed E-state index contributed by atoms with van der Waals surface area (Å²) in [6.07, 6.45) is 24.6. The van der Waals surface area contributed by atoms with E-state index in [1.54, 1.807) is 12.1 Å². The first-order valence-corrected chi connectivity index (χ1v) is 17.1. The van der Waals surface area contributed by atoms with Gasteiger partial charge in [0.2, 0.25) is 5.91 Å². The van der Waals surface area contributed by atoms with E-state index in [9.17, 15) is 13.2 Å². The van der Waals surface area contributed by atoms with Crippen LogP contribution in [0, 0.1) is 6.92 Å². The molecule has 1 N–H and O–H groups in total. The minimum absolute atomic E-state index is 0.0666. The predicted octanol–water partition coefficient (Wildman–Crippen LogP) is 8.15. The minimum atomic E-state index is -4.02. The standard InChI is InChI=1S/C25H51N2O.C7H8O3S/c1-4-5-6-7-8-9-10-11-12-13-14-15-16-17-18-19-23-27(2,3)24-26-22-20-21-25(26)28;1-6-2-4-7(5-3-6)11(8,9)10/h4-24H2,1-3H3;2-5H,1H3,(H,8,9,10)/q+1;. The number of likely N-dealkylation sites (tertiary alicyclic amines) is 1. The lowest BCUT2D eigenvalue weighted by Gasteiger charge is -2.33. The molecule has 1 aromatic carbocycles. The van der Waals surface area contributed by atoms with Crippen molar-refractivity contribution in [1.82, 2.24) is 4.90 Å². The maximum absolute atomic E-state index is 11.8. The van der Waals surface area contributed by atoms with Crippen LogP contribution in [0.4, 0.5) is 0 Å². The maximum Gasteiger partial charge on any atom is 0.294 e. The van der Waals surface area contributed by atoms with Gasteiger partial charge in [-0.2, -0.15) is 8.42 Å². The molecule has 1 heterocycles. The van der Waals surface area contributed by atoms with Crippen molar-refractivity contribution < 1.29 is 22.2 Å². The number of amides is 1. The Morgan fingerprint density at radius 1 is 0.769 bits per heavy atom. The Labute approximate surface area is 240 Å². The maximum atomic E-state index is 11.8. The average molecular weight is 568 g/mol. The largest absolute Gasteiger partial charge is 0.311 e. The summed E-state index contributed by atoms with van der Waals surface area (Å²) in [6, 6.07) is 5.99. The van der Waals surface area contributed by atoms with Crippen molar-refractivity contribution in [3.05, 3.63) is 29.8 Å². The first kappa shape index (κ1) is 35.6. The van der Waals surface area contributed by atoms with Crippen LogP contribution in [0.2, 0.25) is 0 Å². The van der Waals surface area contributed by atoms with Crippen LogP contribution in [0.25, 0.3) is 0 Å². The molecule has 1 aliphatic heterocycles. The second-order valence-corrected chi connectivity index (χ2v) is 13.6. The molecule has 0 saturated carbocycles.